The third kappa shape index (κ3) is 11.9. The van der Waals surface area contributed by atoms with Crippen molar-refractivity contribution in [3.05, 3.63) is 59.7 Å². The van der Waals surface area contributed by atoms with Gasteiger partial charge in [0, 0.05) is 0 Å². The largest absolute Gasteiger partial charge is 0.494 e. The van der Waals surface area contributed by atoms with Crippen molar-refractivity contribution >= 4 is 11.9 Å². The van der Waals surface area contributed by atoms with Crippen LogP contribution in [0.1, 0.15) is 132 Å². The Labute approximate surface area is 246 Å². The average molecular weight is 569 g/mol. The van der Waals surface area contributed by atoms with Gasteiger partial charge < -0.3 is 14.2 Å². The van der Waals surface area contributed by atoms with Gasteiger partial charge >= 0.3 is 11.9 Å². The maximum Gasteiger partial charge on any atom is 0.343 e. The van der Waals surface area contributed by atoms with E-state index in [0.717, 1.165) is 44.3 Å². The normalized spacial score (nSPS) is 17.5. The van der Waals surface area contributed by atoms with Crippen molar-refractivity contribution in [2.45, 2.75) is 128 Å². The molecule has 2 aromatic carbocycles. The van der Waals surface area contributed by atoms with Crippen molar-refractivity contribution in [1.82, 2.24) is 0 Å². The second kappa shape index (κ2) is 18.5. The molecular formula is C35H49FO5. The maximum absolute atomic E-state index is 13.9. The number of benzene rings is 2. The van der Waals surface area contributed by atoms with Crippen LogP contribution in [0.4, 0.5) is 4.39 Å². The molecule has 0 radical (unpaired) electrons. The molecule has 1 saturated carbocycles. The molecule has 41 heavy (non-hydrogen) atoms. The highest BCUT2D eigenvalue weighted by Gasteiger charge is 2.27. The number of carbonyl (C=O) groups is 2. The topological polar surface area (TPSA) is 61.8 Å². The lowest BCUT2D eigenvalue weighted by atomic mass is 9.83. The summed E-state index contributed by atoms with van der Waals surface area (Å²) < 4.78 is 30.8. The fourth-order valence-corrected chi connectivity index (χ4v) is 5.34. The lowest BCUT2D eigenvalue weighted by Gasteiger charge is -2.29. The summed E-state index contributed by atoms with van der Waals surface area (Å²) >= 11 is 0. The van der Waals surface area contributed by atoms with E-state index in [2.05, 4.69) is 6.92 Å². The van der Waals surface area contributed by atoms with Crippen molar-refractivity contribution in [2.75, 3.05) is 6.61 Å². The summed E-state index contributed by atoms with van der Waals surface area (Å²) in [6, 6.07) is 14.7. The SMILES string of the molecule is CCCCCCCCCCOc1ccc(C(=O)Oc2ccc([C@H]3CC[C@H](OC(=O)[C@@H](F)CCCC)CC3)cc2)cc1. The van der Waals surface area contributed by atoms with Gasteiger partial charge in [0.25, 0.3) is 0 Å². The highest BCUT2D eigenvalue weighted by atomic mass is 19.1. The van der Waals surface area contributed by atoms with Crippen molar-refractivity contribution in [3.8, 4) is 11.5 Å². The predicted molar refractivity (Wildman–Crippen MR) is 161 cm³/mol. The molecule has 5 nitrogen and oxygen atoms in total. The molecule has 0 spiro atoms. The van der Waals surface area contributed by atoms with Gasteiger partial charge in [-0.25, -0.2) is 14.0 Å². The maximum atomic E-state index is 13.9. The Kier molecular flexibility index (Phi) is 14.7. The van der Waals surface area contributed by atoms with Crippen LogP contribution in [-0.4, -0.2) is 30.8 Å². The summed E-state index contributed by atoms with van der Waals surface area (Å²) in [5.74, 6) is 0.486. The number of unbranched alkanes of at least 4 members (excludes halogenated alkanes) is 8. The van der Waals surface area contributed by atoms with Gasteiger partial charge in [0.15, 0.2) is 6.17 Å². The van der Waals surface area contributed by atoms with Gasteiger partial charge in [0.2, 0.25) is 0 Å². The third-order valence-corrected chi connectivity index (χ3v) is 7.94. The first-order valence-electron chi connectivity index (χ1n) is 15.9. The molecule has 1 aliphatic carbocycles. The molecular weight excluding hydrogens is 519 g/mol. The van der Waals surface area contributed by atoms with Crippen LogP contribution in [0.5, 0.6) is 11.5 Å². The van der Waals surface area contributed by atoms with E-state index in [4.69, 9.17) is 14.2 Å². The highest BCUT2D eigenvalue weighted by molar-refractivity contribution is 5.91. The minimum Gasteiger partial charge on any atom is -0.494 e. The molecule has 1 atom stereocenters. The van der Waals surface area contributed by atoms with E-state index in [9.17, 15) is 14.0 Å². The van der Waals surface area contributed by atoms with E-state index < -0.39 is 18.1 Å². The van der Waals surface area contributed by atoms with Crippen LogP contribution >= 0.6 is 0 Å². The molecule has 6 heteroatoms. The molecule has 226 valence electrons. The number of alkyl halides is 1. The van der Waals surface area contributed by atoms with Crippen molar-refractivity contribution in [3.63, 3.8) is 0 Å². The summed E-state index contributed by atoms with van der Waals surface area (Å²) in [5.41, 5.74) is 1.64. The smallest absolute Gasteiger partial charge is 0.343 e. The summed E-state index contributed by atoms with van der Waals surface area (Å²) in [5, 5.41) is 0. The predicted octanol–water partition coefficient (Wildman–Crippen LogP) is 9.52. The molecule has 0 N–H and O–H groups in total. The second-order valence-corrected chi connectivity index (χ2v) is 11.3. The number of rotatable bonds is 18. The van der Waals surface area contributed by atoms with Gasteiger partial charge in [-0.3, -0.25) is 0 Å². The van der Waals surface area contributed by atoms with Crippen molar-refractivity contribution in [1.29, 1.82) is 0 Å². The Morgan fingerprint density at radius 3 is 1.98 bits per heavy atom. The lowest BCUT2D eigenvalue weighted by molar-refractivity contribution is -0.157. The van der Waals surface area contributed by atoms with Crippen LogP contribution in [0.2, 0.25) is 0 Å². The number of hydrogen-bond acceptors (Lipinski definition) is 5. The second-order valence-electron chi connectivity index (χ2n) is 11.3. The summed E-state index contributed by atoms with van der Waals surface area (Å²) in [4.78, 5) is 24.6. The fraction of sp³-hybridized carbons (Fsp3) is 0.600. The first-order valence-corrected chi connectivity index (χ1v) is 15.9. The Bertz CT molecular complexity index is 1010. The minimum atomic E-state index is -1.52. The van der Waals surface area contributed by atoms with Crippen LogP contribution < -0.4 is 9.47 Å². The van der Waals surface area contributed by atoms with Crippen LogP contribution in [0.15, 0.2) is 48.5 Å². The Morgan fingerprint density at radius 1 is 0.756 bits per heavy atom. The Morgan fingerprint density at radius 2 is 1.34 bits per heavy atom. The molecule has 0 unspecified atom stereocenters. The van der Waals surface area contributed by atoms with Gasteiger partial charge in [-0.1, -0.05) is 83.8 Å². The van der Waals surface area contributed by atoms with Gasteiger partial charge in [-0.2, -0.15) is 0 Å². The molecule has 0 aliphatic heterocycles. The van der Waals surface area contributed by atoms with Crippen molar-refractivity contribution < 1.29 is 28.2 Å². The van der Waals surface area contributed by atoms with E-state index in [0.29, 0.717) is 30.3 Å². The zero-order valence-electron chi connectivity index (χ0n) is 25.1. The van der Waals surface area contributed by atoms with E-state index in [1.807, 2.05) is 43.3 Å². The fourth-order valence-electron chi connectivity index (χ4n) is 5.34. The molecule has 0 saturated heterocycles. The molecule has 0 heterocycles. The standard InChI is InChI=1S/C35H49FO5/c1-3-5-7-8-9-10-11-12-26-39-30-20-18-29(19-21-30)34(37)40-31-22-14-27(15-23-31)28-16-24-32(25-17-28)41-35(38)33(36)13-6-4-2/h14-15,18-23,28,32-33H,3-13,16-17,24-26H2,1-2H3/t28-,32-,33-/m0/s1. The number of halogens is 1. The molecule has 0 aromatic heterocycles. The van der Waals surface area contributed by atoms with E-state index in [-0.39, 0.29) is 12.5 Å². The Hall–Kier alpha value is -2.89. The molecule has 0 amide bonds. The van der Waals surface area contributed by atoms with Gasteiger partial charge in [-0.05, 0) is 86.4 Å². The zero-order chi connectivity index (χ0) is 29.3. The van der Waals surface area contributed by atoms with Gasteiger partial charge in [-0.15, -0.1) is 0 Å². The van der Waals surface area contributed by atoms with Crippen molar-refractivity contribution in [2.24, 2.45) is 0 Å². The highest BCUT2D eigenvalue weighted by Crippen LogP contribution is 2.35. The summed E-state index contributed by atoms with van der Waals surface area (Å²) in [7, 11) is 0. The quantitative estimate of drug-likeness (QED) is 0.102. The molecule has 1 aliphatic rings. The lowest BCUT2D eigenvalue weighted by Crippen LogP contribution is -2.28. The van der Waals surface area contributed by atoms with Crippen LogP contribution in [0.25, 0.3) is 0 Å². The molecule has 3 rings (SSSR count). The first-order chi connectivity index (χ1) is 20.0. The third-order valence-electron chi connectivity index (χ3n) is 7.94. The van der Waals surface area contributed by atoms with E-state index >= 15 is 0 Å². The summed E-state index contributed by atoms with van der Waals surface area (Å²) in [6.45, 7) is 4.91. The van der Waals surface area contributed by atoms with Gasteiger partial charge in [0.1, 0.15) is 17.6 Å². The van der Waals surface area contributed by atoms with Gasteiger partial charge in [0.05, 0.1) is 12.2 Å². The van der Waals surface area contributed by atoms with Crippen LogP contribution in [-0.2, 0) is 9.53 Å². The number of hydrogen-bond donors (Lipinski definition) is 0. The minimum absolute atomic E-state index is 0.208. The van der Waals surface area contributed by atoms with Crippen LogP contribution in [0.3, 0.4) is 0 Å². The zero-order valence-corrected chi connectivity index (χ0v) is 25.1. The first kappa shape index (κ1) is 32.6. The van der Waals surface area contributed by atoms with Crippen LogP contribution in [0, 0.1) is 0 Å². The van der Waals surface area contributed by atoms with E-state index in [1.54, 1.807) is 12.1 Å². The monoisotopic (exact) mass is 568 g/mol. The molecule has 2 aromatic rings. The van der Waals surface area contributed by atoms with E-state index in [1.165, 1.54) is 50.5 Å². The molecule has 1 fully saturated rings. The number of carbonyl (C=O) groups excluding carboxylic acids is 2. The number of esters is 2. The number of ether oxygens (including phenoxy) is 3. The molecule has 0 bridgehead atoms. The Balaban J connectivity index is 1.35. The summed E-state index contributed by atoms with van der Waals surface area (Å²) in [6.07, 6.45) is 13.4. The average Bonchev–Trinajstić information content (AvgIpc) is 3.00.